The highest BCUT2D eigenvalue weighted by atomic mass is 35.5. The summed E-state index contributed by atoms with van der Waals surface area (Å²) < 4.78 is 13.9. The minimum Gasteiger partial charge on any atom is -0.323 e. The molecule has 0 saturated carbocycles. The Balaban J connectivity index is 2.21. The molecule has 0 aromatic heterocycles. The average molecular weight is 349 g/mol. The second-order valence-electron chi connectivity index (χ2n) is 5.54. The van der Waals surface area contributed by atoms with E-state index in [-0.39, 0.29) is 12.2 Å². The molecule has 0 aliphatic rings. The van der Waals surface area contributed by atoms with Crippen molar-refractivity contribution in [2.24, 2.45) is 0 Å². The van der Waals surface area contributed by atoms with Crippen molar-refractivity contribution in [2.75, 3.05) is 16.8 Å². The van der Waals surface area contributed by atoms with Gasteiger partial charge in [-0.3, -0.25) is 9.59 Å². The molecule has 2 aromatic carbocycles. The third kappa shape index (κ3) is 4.11. The van der Waals surface area contributed by atoms with E-state index in [1.165, 1.54) is 25.1 Å². The van der Waals surface area contributed by atoms with Crippen molar-refractivity contribution in [1.29, 1.82) is 0 Å². The summed E-state index contributed by atoms with van der Waals surface area (Å²) in [5.74, 6) is -1.45. The van der Waals surface area contributed by atoms with E-state index < -0.39 is 17.6 Å². The van der Waals surface area contributed by atoms with Crippen LogP contribution >= 0.6 is 11.6 Å². The third-order valence-electron chi connectivity index (χ3n) is 3.52. The number of nitrogens with one attached hydrogen (secondary N) is 1. The van der Waals surface area contributed by atoms with Gasteiger partial charge in [0.2, 0.25) is 11.8 Å². The molecule has 24 heavy (non-hydrogen) atoms. The van der Waals surface area contributed by atoms with Crippen LogP contribution in [0.5, 0.6) is 0 Å². The lowest BCUT2D eigenvalue weighted by Crippen LogP contribution is -2.37. The lowest BCUT2D eigenvalue weighted by Gasteiger charge is -2.21. The molecule has 0 heterocycles. The summed E-state index contributed by atoms with van der Waals surface area (Å²) in [5.41, 5.74) is 2.34. The maximum absolute atomic E-state index is 13.9. The highest BCUT2D eigenvalue weighted by Gasteiger charge is 2.19. The summed E-state index contributed by atoms with van der Waals surface area (Å²) >= 11 is 6.16. The van der Waals surface area contributed by atoms with Crippen LogP contribution in [0.2, 0.25) is 5.02 Å². The summed E-state index contributed by atoms with van der Waals surface area (Å²) in [6.07, 6.45) is 0. The lowest BCUT2D eigenvalue weighted by atomic mass is 10.1. The van der Waals surface area contributed by atoms with Gasteiger partial charge in [-0.05, 0) is 43.2 Å². The minimum absolute atomic E-state index is 0.0619. The van der Waals surface area contributed by atoms with Crippen molar-refractivity contribution in [3.05, 3.63) is 58.4 Å². The van der Waals surface area contributed by atoms with E-state index in [0.717, 1.165) is 16.0 Å². The standard InChI is InChI=1S/C18H18ClFN2O2/c1-11-8-12(2)18(14(19)9-11)21-17(24)10-22(13(3)23)16-7-5-4-6-15(16)20/h4-9H,10H2,1-3H3,(H,21,24). The van der Waals surface area contributed by atoms with Crippen LogP contribution in [0.3, 0.4) is 0 Å². The van der Waals surface area contributed by atoms with Gasteiger partial charge >= 0.3 is 0 Å². The summed E-state index contributed by atoms with van der Waals surface area (Å²) in [4.78, 5) is 25.2. The van der Waals surface area contributed by atoms with E-state index >= 15 is 0 Å². The van der Waals surface area contributed by atoms with Gasteiger partial charge in [-0.15, -0.1) is 0 Å². The average Bonchev–Trinajstić information content (AvgIpc) is 2.49. The first-order valence-corrected chi connectivity index (χ1v) is 7.76. The molecular weight excluding hydrogens is 331 g/mol. The van der Waals surface area contributed by atoms with Gasteiger partial charge in [0, 0.05) is 6.92 Å². The van der Waals surface area contributed by atoms with E-state index in [9.17, 15) is 14.0 Å². The van der Waals surface area contributed by atoms with Crippen molar-refractivity contribution < 1.29 is 14.0 Å². The quantitative estimate of drug-likeness (QED) is 0.904. The van der Waals surface area contributed by atoms with Crippen molar-refractivity contribution in [1.82, 2.24) is 0 Å². The van der Waals surface area contributed by atoms with Crippen molar-refractivity contribution in [2.45, 2.75) is 20.8 Å². The molecule has 0 bridgehead atoms. The van der Waals surface area contributed by atoms with Crippen molar-refractivity contribution in [3.63, 3.8) is 0 Å². The van der Waals surface area contributed by atoms with Gasteiger partial charge in [0.15, 0.2) is 0 Å². The number of hydrogen-bond acceptors (Lipinski definition) is 2. The number of aryl methyl sites for hydroxylation is 2. The summed E-state index contributed by atoms with van der Waals surface area (Å²) in [6.45, 7) is 4.71. The molecular formula is C18H18ClFN2O2. The molecule has 0 spiro atoms. The second-order valence-corrected chi connectivity index (χ2v) is 5.95. The van der Waals surface area contributed by atoms with Crippen molar-refractivity contribution in [3.8, 4) is 0 Å². The third-order valence-corrected chi connectivity index (χ3v) is 3.82. The van der Waals surface area contributed by atoms with Crippen LogP contribution in [0.25, 0.3) is 0 Å². The van der Waals surface area contributed by atoms with E-state index in [2.05, 4.69) is 5.32 Å². The first-order chi connectivity index (χ1) is 11.3. The smallest absolute Gasteiger partial charge is 0.244 e. The second kappa shape index (κ2) is 7.45. The van der Waals surface area contributed by atoms with Gasteiger partial charge < -0.3 is 10.2 Å². The fraction of sp³-hybridized carbons (Fsp3) is 0.222. The van der Waals surface area contributed by atoms with Crippen LogP contribution in [0.15, 0.2) is 36.4 Å². The number of nitrogens with zero attached hydrogens (tertiary/aromatic N) is 1. The number of benzene rings is 2. The topological polar surface area (TPSA) is 49.4 Å². The molecule has 0 unspecified atom stereocenters. The zero-order chi connectivity index (χ0) is 17.9. The minimum atomic E-state index is -0.565. The van der Waals surface area contributed by atoms with Gasteiger partial charge in [-0.2, -0.15) is 0 Å². The molecule has 0 atom stereocenters. The molecule has 0 saturated heterocycles. The number of halogens is 2. The highest BCUT2D eigenvalue weighted by molar-refractivity contribution is 6.34. The molecule has 0 aliphatic carbocycles. The number of para-hydroxylation sites is 1. The van der Waals surface area contributed by atoms with Gasteiger partial charge in [-0.1, -0.05) is 29.8 Å². The molecule has 6 heteroatoms. The van der Waals surface area contributed by atoms with E-state index in [0.29, 0.717) is 10.7 Å². The van der Waals surface area contributed by atoms with E-state index in [4.69, 9.17) is 11.6 Å². The van der Waals surface area contributed by atoms with Crippen LogP contribution in [0, 0.1) is 19.7 Å². The van der Waals surface area contributed by atoms with Gasteiger partial charge in [0.1, 0.15) is 12.4 Å². The van der Waals surface area contributed by atoms with Crippen LogP contribution in [-0.4, -0.2) is 18.4 Å². The van der Waals surface area contributed by atoms with Gasteiger partial charge in [0.05, 0.1) is 16.4 Å². The molecule has 2 amide bonds. The SMILES string of the molecule is CC(=O)N(CC(=O)Nc1c(C)cc(C)cc1Cl)c1ccccc1F. The Morgan fingerprint density at radius 2 is 1.88 bits per heavy atom. The first kappa shape index (κ1) is 17.9. The number of anilines is 2. The predicted molar refractivity (Wildman–Crippen MR) is 94.0 cm³/mol. The van der Waals surface area contributed by atoms with E-state index in [1.54, 1.807) is 12.1 Å². The largest absolute Gasteiger partial charge is 0.323 e. The zero-order valence-electron chi connectivity index (χ0n) is 13.7. The van der Waals surface area contributed by atoms with Gasteiger partial charge in [0.25, 0.3) is 0 Å². The summed E-state index contributed by atoms with van der Waals surface area (Å²) in [5, 5.41) is 3.11. The highest BCUT2D eigenvalue weighted by Crippen LogP contribution is 2.27. The lowest BCUT2D eigenvalue weighted by molar-refractivity contribution is -0.120. The number of carbonyl (C=O) groups is 2. The number of hydrogen-bond donors (Lipinski definition) is 1. The Labute approximate surface area is 145 Å². The van der Waals surface area contributed by atoms with Gasteiger partial charge in [-0.25, -0.2) is 4.39 Å². The normalized spacial score (nSPS) is 10.4. The predicted octanol–water partition coefficient (Wildman–Crippen LogP) is 4.09. The van der Waals surface area contributed by atoms with Crippen molar-refractivity contribution >= 4 is 34.8 Å². The fourth-order valence-corrected chi connectivity index (χ4v) is 2.80. The Morgan fingerprint density at radius 3 is 2.46 bits per heavy atom. The fourth-order valence-electron chi connectivity index (χ4n) is 2.43. The Bertz CT molecular complexity index is 769. The maximum Gasteiger partial charge on any atom is 0.244 e. The Hall–Kier alpha value is -2.40. The first-order valence-electron chi connectivity index (χ1n) is 7.39. The Kier molecular flexibility index (Phi) is 5.57. The molecule has 0 fully saturated rings. The number of rotatable bonds is 4. The number of carbonyl (C=O) groups excluding carboxylic acids is 2. The molecule has 0 radical (unpaired) electrons. The van der Waals surface area contributed by atoms with E-state index in [1.807, 2.05) is 19.9 Å². The summed E-state index contributed by atoms with van der Waals surface area (Å²) in [6, 6.07) is 9.45. The monoisotopic (exact) mass is 348 g/mol. The molecule has 0 aliphatic heterocycles. The molecule has 2 aromatic rings. The van der Waals surface area contributed by atoms with Crippen LogP contribution in [0.4, 0.5) is 15.8 Å². The molecule has 126 valence electrons. The molecule has 4 nitrogen and oxygen atoms in total. The maximum atomic E-state index is 13.9. The van der Waals surface area contributed by atoms with Crippen LogP contribution < -0.4 is 10.2 Å². The number of amides is 2. The zero-order valence-corrected chi connectivity index (χ0v) is 14.4. The summed E-state index contributed by atoms with van der Waals surface area (Å²) in [7, 11) is 0. The molecule has 1 N–H and O–H groups in total. The van der Waals surface area contributed by atoms with Crippen LogP contribution in [0.1, 0.15) is 18.1 Å². The Morgan fingerprint density at radius 1 is 1.21 bits per heavy atom. The van der Waals surface area contributed by atoms with Crippen LogP contribution in [-0.2, 0) is 9.59 Å². The molecule has 2 rings (SSSR count).